The molecule has 1 aromatic heterocycles. The number of fused-ring (bicyclic) bond motifs is 1. The van der Waals surface area contributed by atoms with E-state index in [0.29, 0.717) is 6.42 Å². The number of primary amides is 1. The largest absolute Gasteiger partial charge is 0.370 e. The topological polar surface area (TPSA) is 68.0 Å². The summed E-state index contributed by atoms with van der Waals surface area (Å²) in [4.78, 5) is 15.2. The monoisotopic (exact) mass is 263 g/mol. The zero-order valence-electron chi connectivity index (χ0n) is 10.3. The summed E-state index contributed by atoms with van der Waals surface area (Å²) in [6, 6.07) is 8.33. The quantitative estimate of drug-likeness (QED) is 0.785. The Morgan fingerprint density at radius 2 is 2.28 bits per heavy atom. The fourth-order valence-corrected chi connectivity index (χ4v) is 2.74. The summed E-state index contributed by atoms with van der Waals surface area (Å²) in [7, 11) is 0. The van der Waals surface area contributed by atoms with Gasteiger partial charge in [-0.25, -0.2) is 4.98 Å². The highest BCUT2D eigenvalue weighted by Crippen LogP contribution is 2.25. The van der Waals surface area contributed by atoms with Crippen LogP contribution in [0.2, 0.25) is 0 Å². The van der Waals surface area contributed by atoms with E-state index in [4.69, 9.17) is 5.73 Å². The van der Waals surface area contributed by atoms with Crippen LogP contribution in [0, 0.1) is 0 Å². The van der Waals surface area contributed by atoms with Gasteiger partial charge in [-0.2, -0.15) is 0 Å². The molecule has 5 heteroatoms. The second-order valence-electron chi connectivity index (χ2n) is 4.27. The maximum Gasteiger partial charge on any atom is 0.217 e. The Balaban J connectivity index is 1.92. The Morgan fingerprint density at radius 1 is 1.50 bits per heavy atom. The molecule has 1 amide bonds. The van der Waals surface area contributed by atoms with Gasteiger partial charge in [-0.3, -0.25) is 4.79 Å². The van der Waals surface area contributed by atoms with Gasteiger partial charge in [0.15, 0.2) is 0 Å². The Hall–Kier alpha value is -1.46. The molecule has 18 heavy (non-hydrogen) atoms. The van der Waals surface area contributed by atoms with Gasteiger partial charge >= 0.3 is 0 Å². The number of para-hydroxylation sites is 1. The van der Waals surface area contributed by atoms with E-state index < -0.39 is 0 Å². The maximum absolute atomic E-state index is 10.6. The molecule has 0 saturated carbocycles. The summed E-state index contributed by atoms with van der Waals surface area (Å²) in [5.74, 6) is -0.246. The van der Waals surface area contributed by atoms with Gasteiger partial charge < -0.3 is 11.1 Å². The van der Waals surface area contributed by atoms with Crippen molar-refractivity contribution in [1.82, 2.24) is 10.3 Å². The first-order chi connectivity index (χ1) is 8.66. The molecule has 0 spiro atoms. The minimum atomic E-state index is -0.246. The molecular weight excluding hydrogens is 246 g/mol. The summed E-state index contributed by atoms with van der Waals surface area (Å²) in [6.07, 6.45) is 1.20. The van der Waals surface area contributed by atoms with Crippen LogP contribution in [-0.2, 0) is 4.79 Å². The molecule has 0 bridgehead atoms. The predicted molar refractivity (Wildman–Crippen MR) is 74.5 cm³/mol. The molecule has 1 atom stereocenters. The standard InChI is InChI=1S/C13H17N3OS/c1-9(15-8-4-7-12(14)17)13-16-10-5-2-3-6-11(10)18-13/h2-3,5-6,9,15H,4,7-8H2,1H3,(H2,14,17). The van der Waals surface area contributed by atoms with E-state index in [1.54, 1.807) is 11.3 Å². The lowest BCUT2D eigenvalue weighted by atomic mass is 10.2. The van der Waals surface area contributed by atoms with Crippen LogP contribution in [0.3, 0.4) is 0 Å². The Labute approximate surface area is 110 Å². The number of hydrogen-bond donors (Lipinski definition) is 2. The third-order valence-corrected chi connectivity index (χ3v) is 3.95. The van der Waals surface area contributed by atoms with E-state index in [9.17, 15) is 4.79 Å². The fraction of sp³-hybridized carbons (Fsp3) is 0.385. The van der Waals surface area contributed by atoms with Crippen molar-refractivity contribution >= 4 is 27.5 Å². The first kappa shape index (κ1) is 13.0. The number of amides is 1. The normalized spacial score (nSPS) is 12.7. The maximum atomic E-state index is 10.6. The van der Waals surface area contributed by atoms with Gasteiger partial charge in [-0.15, -0.1) is 11.3 Å². The van der Waals surface area contributed by atoms with Crippen LogP contribution in [0.15, 0.2) is 24.3 Å². The smallest absolute Gasteiger partial charge is 0.217 e. The number of aromatic nitrogens is 1. The highest BCUT2D eigenvalue weighted by atomic mass is 32.1. The molecule has 0 fully saturated rings. The van der Waals surface area contributed by atoms with Gasteiger partial charge in [-0.1, -0.05) is 12.1 Å². The Morgan fingerprint density at radius 3 is 3.00 bits per heavy atom. The van der Waals surface area contributed by atoms with Crippen molar-refractivity contribution in [2.24, 2.45) is 5.73 Å². The second-order valence-corrected chi connectivity index (χ2v) is 5.33. The van der Waals surface area contributed by atoms with E-state index in [2.05, 4.69) is 23.3 Å². The molecule has 1 unspecified atom stereocenters. The molecular formula is C13H17N3OS. The number of nitrogens with one attached hydrogen (secondary N) is 1. The minimum absolute atomic E-state index is 0.204. The van der Waals surface area contributed by atoms with Crippen LogP contribution >= 0.6 is 11.3 Å². The van der Waals surface area contributed by atoms with E-state index in [1.165, 1.54) is 4.70 Å². The second kappa shape index (κ2) is 5.93. The van der Waals surface area contributed by atoms with Crippen LogP contribution in [0.25, 0.3) is 10.2 Å². The van der Waals surface area contributed by atoms with Crippen LogP contribution < -0.4 is 11.1 Å². The number of rotatable bonds is 6. The molecule has 0 aliphatic heterocycles. The molecule has 1 heterocycles. The number of benzene rings is 1. The highest BCUT2D eigenvalue weighted by molar-refractivity contribution is 7.18. The van der Waals surface area contributed by atoms with Gasteiger partial charge in [0.2, 0.25) is 5.91 Å². The summed E-state index contributed by atoms with van der Waals surface area (Å²) in [5, 5.41) is 4.43. The van der Waals surface area contributed by atoms with E-state index in [1.807, 2.05) is 18.2 Å². The van der Waals surface area contributed by atoms with Crippen molar-refractivity contribution in [3.8, 4) is 0 Å². The molecule has 0 aliphatic rings. The van der Waals surface area contributed by atoms with Gasteiger partial charge in [0.05, 0.1) is 16.3 Å². The van der Waals surface area contributed by atoms with Gasteiger partial charge in [0, 0.05) is 6.42 Å². The molecule has 2 aromatic rings. The summed E-state index contributed by atoms with van der Waals surface area (Å²) >= 11 is 1.70. The number of nitrogens with two attached hydrogens (primary N) is 1. The minimum Gasteiger partial charge on any atom is -0.370 e. The van der Waals surface area contributed by atoms with Crippen LogP contribution in [-0.4, -0.2) is 17.4 Å². The first-order valence-corrected chi connectivity index (χ1v) is 6.85. The lowest BCUT2D eigenvalue weighted by Crippen LogP contribution is -2.21. The lowest BCUT2D eigenvalue weighted by molar-refractivity contribution is -0.118. The van der Waals surface area contributed by atoms with Crippen molar-refractivity contribution in [2.75, 3.05) is 6.54 Å². The van der Waals surface area contributed by atoms with Crippen molar-refractivity contribution < 1.29 is 4.79 Å². The zero-order valence-corrected chi connectivity index (χ0v) is 11.2. The van der Waals surface area contributed by atoms with Gasteiger partial charge in [0.25, 0.3) is 0 Å². The lowest BCUT2D eigenvalue weighted by Gasteiger charge is -2.09. The zero-order chi connectivity index (χ0) is 13.0. The molecule has 1 aromatic carbocycles. The molecule has 2 rings (SSSR count). The van der Waals surface area contributed by atoms with E-state index in [-0.39, 0.29) is 11.9 Å². The van der Waals surface area contributed by atoms with Gasteiger partial charge in [-0.05, 0) is 32.0 Å². The van der Waals surface area contributed by atoms with Crippen molar-refractivity contribution in [3.63, 3.8) is 0 Å². The van der Waals surface area contributed by atoms with Crippen LogP contribution in [0.4, 0.5) is 0 Å². The summed E-state index contributed by atoms with van der Waals surface area (Å²) < 4.78 is 1.21. The Kier molecular flexibility index (Phi) is 4.28. The first-order valence-electron chi connectivity index (χ1n) is 6.04. The number of hydrogen-bond acceptors (Lipinski definition) is 4. The van der Waals surface area contributed by atoms with Crippen LogP contribution in [0.5, 0.6) is 0 Å². The average Bonchev–Trinajstić information content (AvgIpc) is 2.78. The van der Waals surface area contributed by atoms with Crippen molar-refractivity contribution in [2.45, 2.75) is 25.8 Å². The number of nitrogens with zero attached hydrogens (tertiary/aromatic N) is 1. The number of carbonyl (C=O) groups is 1. The predicted octanol–water partition coefficient (Wildman–Crippen LogP) is 2.21. The summed E-state index contributed by atoms with van der Waals surface area (Å²) in [6.45, 7) is 2.86. The van der Waals surface area contributed by atoms with Gasteiger partial charge in [0.1, 0.15) is 5.01 Å². The Bertz CT molecular complexity index is 505. The molecule has 96 valence electrons. The fourth-order valence-electron chi connectivity index (χ4n) is 1.74. The average molecular weight is 263 g/mol. The highest BCUT2D eigenvalue weighted by Gasteiger charge is 2.10. The third kappa shape index (κ3) is 3.27. The molecule has 4 nitrogen and oxygen atoms in total. The third-order valence-electron chi connectivity index (χ3n) is 2.73. The number of carbonyl (C=O) groups excluding carboxylic acids is 1. The van der Waals surface area contributed by atoms with Crippen molar-refractivity contribution in [1.29, 1.82) is 0 Å². The molecule has 0 aliphatic carbocycles. The van der Waals surface area contributed by atoms with E-state index >= 15 is 0 Å². The number of thiazole rings is 1. The SMILES string of the molecule is CC(NCCCC(N)=O)c1nc2ccccc2s1. The van der Waals surface area contributed by atoms with Crippen LogP contribution in [0.1, 0.15) is 30.8 Å². The molecule has 0 radical (unpaired) electrons. The van der Waals surface area contributed by atoms with Crippen molar-refractivity contribution in [3.05, 3.63) is 29.3 Å². The molecule has 3 N–H and O–H groups in total. The molecule has 0 saturated heterocycles. The summed E-state index contributed by atoms with van der Waals surface area (Å²) in [5.41, 5.74) is 6.14. The van der Waals surface area contributed by atoms with E-state index in [0.717, 1.165) is 23.5 Å².